The molecule has 1 aliphatic rings. The van der Waals surface area contributed by atoms with E-state index in [9.17, 15) is 4.79 Å². The van der Waals surface area contributed by atoms with Crippen LogP contribution in [0, 0.1) is 6.92 Å². The van der Waals surface area contributed by atoms with Gasteiger partial charge in [-0.3, -0.25) is 4.79 Å². The number of nitrogens with zero attached hydrogens (tertiary/aromatic N) is 1. The summed E-state index contributed by atoms with van der Waals surface area (Å²) in [5.41, 5.74) is 3.94. The fourth-order valence-electron chi connectivity index (χ4n) is 3.23. The van der Waals surface area contributed by atoms with Gasteiger partial charge >= 0.3 is 0 Å². The lowest BCUT2D eigenvalue weighted by molar-refractivity contribution is -0.125. The number of thiazole rings is 1. The van der Waals surface area contributed by atoms with Crippen molar-refractivity contribution in [3.05, 3.63) is 72.3 Å². The molecule has 2 heterocycles. The molecule has 0 aliphatic carbocycles. The molecule has 144 valence electrons. The number of hydrogen-bond donors (Lipinski definition) is 1. The van der Waals surface area contributed by atoms with Gasteiger partial charge in [-0.2, -0.15) is 0 Å². The van der Waals surface area contributed by atoms with Crippen LogP contribution in [0.25, 0.3) is 20.8 Å². The predicted molar refractivity (Wildman–Crippen MR) is 115 cm³/mol. The minimum absolute atomic E-state index is 0.187. The highest BCUT2D eigenvalue weighted by molar-refractivity contribution is 7.21. The minimum atomic E-state index is -0.683. The van der Waals surface area contributed by atoms with Gasteiger partial charge in [0.15, 0.2) is 11.5 Å². The van der Waals surface area contributed by atoms with Crippen LogP contribution in [0.1, 0.15) is 5.56 Å². The number of aryl methyl sites for hydroxylation is 1. The van der Waals surface area contributed by atoms with E-state index in [0.29, 0.717) is 17.2 Å². The molecule has 1 atom stereocenters. The molecule has 5 rings (SSSR count). The third kappa shape index (κ3) is 3.54. The van der Waals surface area contributed by atoms with Gasteiger partial charge in [-0.15, -0.1) is 11.3 Å². The van der Waals surface area contributed by atoms with Gasteiger partial charge in [0, 0.05) is 11.3 Å². The highest BCUT2D eigenvalue weighted by Crippen LogP contribution is 2.32. The molecule has 0 fully saturated rings. The van der Waals surface area contributed by atoms with Crippen LogP contribution in [-0.4, -0.2) is 23.6 Å². The van der Waals surface area contributed by atoms with Gasteiger partial charge in [0.1, 0.15) is 11.6 Å². The highest BCUT2D eigenvalue weighted by Gasteiger charge is 2.27. The molecule has 0 unspecified atom stereocenters. The number of fused-ring (bicyclic) bond motifs is 2. The SMILES string of the molecule is Cc1ccc2sc(-c3ccc(NC(=O)[C@H]4COc5ccccc5O4)cc3)nc2c1. The maximum Gasteiger partial charge on any atom is 0.269 e. The molecule has 0 saturated heterocycles. The molecule has 0 bridgehead atoms. The summed E-state index contributed by atoms with van der Waals surface area (Å²) in [5, 5.41) is 3.86. The molecule has 4 aromatic rings. The Morgan fingerprint density at radius 2 is 1.86 bits per heavy atom. The number of rotatable bonds is 3. The predicted octanol–water partition coefficient (Wildman–Crippen LogP) is 5.05. The second kappa shape index (κ2) is 7.22. The number of ether oxygens (including phenoxy) is 2. The van der Waals surface area contributed by atoms with E-state index in [2.05, 4.69) is 30.4 Å². The van der Waals surface area contributed by atoms with Crippen LogP contribution < -0.4 is 14.8 Å². The second-order valence-electron chi connectivity index (χ2n) is 6.92. The van der Waals surface area contributed by atoms with Crippen LogP contribution >= 0.6 is 11.3 Å². The van der Waals surface area contributed by atoms with Crippen molar-refractivity contribution >= 4 is 33.1 Å². The fraction of sp³-hybridized carbons (Fsp3) is 0.130. The summed E-state index contributed by atoms with van der Waals surface area (Å²) in [7, 11) is 0. The van der Waals surface area contributed by atoms with Gasteiger partial charge in [0.2, 0.25) is 6.10 Å². The first-order valence-electron chi connectivity index (χ1n) is 9.33. The van der Waals surface area contributed by atoms with E-state index in [1.165, 1.54) is 5.56 Å². The zero-order chi connectivity index (χ0) is 19.8. The van der Waals surface area contributed by atoms with Gasteiger partial charge in [-0.05, 0) is 61.0 Å². The van der Waals surface area contributed by atoms with Crippen LogP contribution in [0.15, 0.2) is 66.7 Å². The summed E-state index contributed by atoms with van der Waals surface area (Å²) >= 11 is 1.66. The van der Waals surface area contributed by atoms with Crippen LogP contribution in [0.5, 0.6) is 11.5 Å². The molecule has 0 radical (unpaired) electrons. The van der Waals surface area contributed by atoms with Crippen molar-refractivity contribution in [3.63, 3.8) is 0 Å². The smallest absolute Gasteiger partial charge is 0.269 e. The first kappa shape index (κ1) is 17.7. The van der Waals surface area contributed by atoms with Crippen molar-refractivity contribution in [2.75, 3.05) is 11.9 Å². The van der Waals surface area contributed by atoms with Gasteiger partial charge < -0.3 is 14.8 Å². The quantitative estimate of drug-likeness (QED) is 0.521. The molecule has 0 spiro atoms. The highest BCUT2D eigenvalue weighted by atomic mass is 32.1. The molecule has 1 N–H and O–H groups in total. The Bertz CT molecular complexity index is 1200. The van der Waals surface area contributed by atoms with Gasteiger partial charge in [0.05, 0.1) is 10.2 Å². The summed E-state index contributed by atoms with van der Waals surface area (Å²) in [6, 6.07) is 21.3. The lowest BCUT2D eigenvalue weighted by Crippen LogP contribution is -2.40. The number of benzene rings is 3. The van der Waals surface area contributed by atoms with Crippen LogP contribution in [0.2, 0.25) is 0 Å². The van der Waals surface area contributed by atoms with E-state index in [1.54, 1.807) is 17.4 Å². The first-order chi connectivity index (χ1) is 14.2. The first-order valence-corrected chi connectivity index (χ1v) is 10.1. The number of anilines is 1. The Kier molecular flexibility index (Phi) is 4.41. The molecule has 1 amide bonds. The maximum atomic E-state index is 12.6. The normalized spacial score (nSPS) is 15.3. The summed E-state index contributed by atoms with van der Waals surface area (Å²) in [6.45, 7) is 2.25. The van der Waals surface area contributed by atoms with E-state index < -0.39 is 6.10 Å². The molecular weight excluding hydrogens is 384 g/mol. The molecule has 3 aromatic carbocycles. The van der Waals surface area contributed by atoms with Gasteiger partial charge in [-0.1, -0.05) is 18.2 Å². The monoisotopic (exact) mass is 402 g/mol. The van der Waals surface area contributed by atoms with Crippen LogP contribution in [0.3, 0.4) is 0 Å². The Labute approximate surface area is 171 Å². The molecule has 1 aromatic heterocycles. The molecule has 5 nitrogen and oxygen atoms in total. The number of carbonyl (C=O) groups excluding carboxylic acids is 1. The average Bonchev–Trinajstić information content (AvgIpc) is 3.17. The molecule has 29 heavy (non-hydrogen) atoms. The lowest BCUT2D eigenvalue weighted by atomic mass is 10.2. The standard InChI is InChI=1S/C23H18N2O3S/c1-14-6-11-21-17(12-14)25-23(29-21)15-7-9-16(10-8-15)24-22(26)20-13-27-18-4-2-3-5-19(18)28-20/h2-12,20H,13H2,1H3,(H,24,26)/t20-/m1/s1. The van der Waals surface area contributed by atoms with Crippen LogP contribution in [-0.2, 0) is 4.79 Å². The minimum Gasteiger partial charge on any atom is -0.485 e. The number of carbonyl (C=O) groups is 1. The third-order valence-corrected chi connectivity index (χ3v) is 5.83. The molecular formula is C23H18N2O3S. The molecule has 6 heteroatoms. The summed E-state index contributed by atoms with van der Waals surface area (Å²) in [6.07, 6.45) is -0.683. The topological polar surface area (TPSA) is 60.5 Å². The molecule has 1 aliphatic heterocycles. The van der Waals surface area contributed by atoms with E-state index in [-0.39, 0.29) is 12.5 Å². The number of para-hydroxylation sites is 2. The number of nitrogens with one attached hydrogen (secondary N) is 1. The van der Waals surface area contributed by atoms with Crippen molar-refractivity contribution in [1.82, 2.24) is 4.98 Å². The van der Waals surface area contributed by atoms with Crippen molar-refractivity contribution in [3.8, 4) is 22.1 Å². The number of aromatic nitrogens is 1. The molecule has 0 saturated carbocycles. The average molecular weight is 402 g/mol. The Balaban J connectivity index is 1.29. The van der Waals surface area contributed by atoms with E-state index >= 15 is 0 Å². The fourth-order valence-corrected chi connectivity index (χ4v) is 4.18. The number of hydrogen-bond acceptors (Lipinski definition) is 5. The Morgan fingerprint density at radius 1 is 1.07 bits per heavy atom. The van der Waals surface area contributed by atoms with Crippen molar-refractivity contribution in [2.24, 2.45) is 0 Å². The zero-order valence-corrected chi connectivity index (χ0v) is 16.5. The summed E-state index contributed by atoms with van der Waals surface area (Å²) in [4.78, 5) is 17.3. The van der Waals surface area contributed by atoms with Crippen molar-refractivity contribution in [2.45, 2.75) is 13.0 Å². The maximum absolute atomic E-state index is 12.6. The van der Waals surface area contributed by atoms with Gasteiger partial charge in [-0.25, -0.2) is 4.98 Å². The van der Waals surface area contributed by atoms with E-state index in [4.69, 9.17) is 14.5 Å². The lowest BCUT2D eigenvalue weighted by Gasteiger charge is -2.25. The number of amides is 1. The van der Waals surface area contributed by atoms with Crippen LogP contribution in [0.4, 0.5) is 5.69 Å². The second-order valence-corrected chi connectivity index (χ2v) is 7.95. The Morgan fingerprint density at radius 3 is 2.69 bits per heavy atom. The summed E-state index contributed by atoms with van der Waals surface area (Å²) in [5.74, 6) is 1.01. The summed E-state index contributed by atoms with van der Waals surface area (Å²) < 4.78 is 12.5. The van der Waals surface area contributed by atoms with Crippen molar-refractivity contribution < 1.29 is 14.3 Å². The third-order valence-electron chi connectivity index (χ3n) is 4.74. The van der Waals surface area contributed by atoms with Gasteiger partial charge in [0.25, 0.3) is 5.91 Å². The Hall–Kier alpha value is -3.38. The van der Waals surface area contributed by atoms with E-state index in [1.807, 2.05) is 42.5 Å². The van der Waals surface area contributed by atoms with Crippen molar-refractivity contribution in [1.29, 1.82) is 0 Å². The van der Waals surface area contributed by atoms with E-state index in [0.717, 1.165) is 20.8 Å². The largest absolute Gasteiger partial charge is 0.485 e. The zero-order valence-electron chi connectivity index (χ0n) is 15.7.